The summed E-state index contributed by atoms with van der Waals surface area (Å²) in [6.07, 6.45) is 2.77. The molecule has 28 heavy (non-hydrogen) atoms. The number of benzene rings is 2. The van der Waals surface area contributed by atoms with Gasteiger partial charge in [-0.1, -0.05) is 13.8 Å². The van der Waals surface area contributed by atoms with Crippen LogP contribution in [0.5, 0.6) is 11.5 Å². The second-order valence-corrected chi connectivity index (χ2v) is 7.09. The highest BCUT2D eigenvalue weighted by molar-refractivity contribution is 5.95. The molecule has 0 spiro atoms. The molecule has 6 nitrogen and oxygen atoms in total. The van der Waals surface area contributed by atoms with Gasteiger partial charge in [-0.3, -0.25) is 0 Å². The molecule has 0 aliphatic carbocycles. The van der Waals surface area contributed by atoms with Gasteiger partial charge in [0.05, 0.1) is 24.4 Å². The minimum Gasteiger partial charge on any atom is -0.507 e. The van der Waals surface area contributed by atoms with Crippen LogP contribution in [0.15, 0.2) is 42.6 Å². The number of hydrogen-bond acceptors (Lipinski definition) is 5. The molecule has 0 bridgehead atoms. The van der Waals surface area contributed by atoms with E-state index in [1.54, 1.807) is 25.3 Å². The van der Waals surface area contributed by atoms with Gasteiger partial charge in [-0.2, -0.15) is 0 Å². The van der Waals surface area contributed by atoms with E-state index < -0.39 is 5.97 Å². The highest BCUT2D eigenvalue weighted by atomic mass is 16.5. The molecule has 3 N–H and O–H groups in total. The normalized spacial score (nSPS) is 11.1. The van der Waals surface area contributed by atoms with Gasteiger partial charge in [0.25, 0.3) is 0 Å². The van der Waals surface area contributed by atoms with Crippen molar-refractivity contribution >= 4 is 22.6 Å². The Morgan fingerprint density at radius 3 is 2.68 bits per heavy atom. The Morgan fingerprint density at radius 2 is 2.00 bits per heavy atom. The van der Waals surface area contributed by atoms with Gasteiger partial charge in [-0.05, 0) is 43.5 Å². The molecule has 2 aromatic carbocycles. The number of aromatic nitrogens is 1. The third-order valence-electron chi connectivity index (χ3n) is 4.53. The van der Waals surface area contributed by atoms with Gasteiger partial charge in [0.15, 0.2) is 0 Å². The van der Waals surface area contributed by atoms with Crippen LogP contribution in [0.4, 0.5) is 5.69 Å². The first-order chi connectivity index (χ1) is 13.4. The number of ether oxygens (including phenoxy) is 2. The lowest BCUT2D eigenvalue weighted by Crippen LogP contribution is -2.05. The van der Waals surface area contributed by atoms with E-state index >= 15 is 0 Å². The van der Waals surface area contributed by atoms with E-state index in [-0.39, 0.29) is 17.9 Å². The Morgan fingerprint density at radius 1 is 1.21 bits per heavy atom. The van der Waals surface area contributed by atoms with Gasteiger partial charge in [0, 0.05) is 29.4 Å². The molecule has 148 valence electrons. The van der Waals surface area contributed by atoms with Crippen molar-refractivity contribution in [3.8, 4) is 17.2 Å². The van der Waals surface area contributed by atoms with Crippen molar-refractivity contribution in [2.75, 3.05) is 18.9 Å². The predicted molar refractivity (Wildman–Crippen MR) is 110 cm³/mol. The molecule has 0 saturated carbocycles. The maximum atomic E-state index is 11.9. The minimum atomic E-state index is -0.552. The average Bonchev–Trinajstić information content (AvgIpc) is 2.97. The molecule has 0 fully saturated rings. The first kappa shape index (κ1) is 19.6. The zero-order valence-corrected chi connectivity index (χ0v) is 16.4. The first-order valence-electron chi connectivity index (χ1n) is 9.44. The van der Waals surface area contributed by atoms with Crippen LogP contribution >= 0.6 is 0 Å². The van der Waals surface area contributed by atoms with Crippen LogP contribution < -0.4 is 10.5 Å². The third-order valence-corrected chi connectivity index (χ3v) is 4.53. The molecular weight excluding hydrogens is 356 g/mol. The van der Waals surface area contributed by atoms with E-state index in [4.69, 9.17) is 15.2 Å². The summed E-state index contributed by atoms with van der Waals surface area (Å²) < 4.78 is 12.7. The van der Waals surface area contributed by atoms with Crippen molar-refractivity contribution in [2.24, 2.45) is 5.92 Å². The van der Waals surface area contributed by atoms with E-state index in [1.807, 2.05) is 22.8 Å². The number of aromatic hydroxyl groups is 1. The highest BCUT2D eigenvalue weighted by Gasteiger charge is 2.15. The Balaban J connectivity index is 1.96. The fourth-order valence-corrected chi connectivity index (χ4v) is 3.00. The number of nitrogens with zero attached hydrogens (tertiary/aromatic N) is 1. The molecule has 1 aromatic heterocycles. The standard InChI is InChI=1S/C22H26N2O4/c1-4-27-22(26)18-7-5-15(11-21(18)25)24-13-19(23)17-8-6-16(12-20(17)24)28-10-9-14(2)3/h5-8,11-14,25H,4,9-10,23H2,1-3H3. The first-order valence-corrected chi connectivity index (χ1v) is 9.44. The quantitative estimate of drug-likeness (QED) is 0.587. The second-order valence-electron chi connectivity index (χ2n) is 7.09. The number of hydrogen-bond donors (Lipinski definition) is 2. The van der Waals surface area contributed by atoms with Crippen molar-refractivity contribution in [3.05, 3.63) is 48.2 Å². The van der Waals surface area contributed by atoms with Gasteiger partial charge < -0.3 is 24.9 Å². The number of anilines is 1. The van der Waals surface area contributed by atoms with Crippen molar-refractivity contribution in [1.29, 1.82) is 0 Å². The molecule has 0 unspecified atom stereocenters. The molecular formula is C22H26N2O4. The van der Waals surface area contributed by atoms with Crippen LogP contribution in [0.1, 0.15) is 37.6 Å². The molecule has 1 heterocycles. The molecule has 0 aliphatic heterocycles. The second kappa shape index (κ2) is 8.25. The van der Waals surface area contributed by atoms with E-state index in [0.717, 1.165) is 23.1 Å². The summed E-state index contributed by atoms with van der Waals surface area (Å²) in [6, 6.07) is 10.6. The van der Waals surface area contributed by atoms with Crippen molar-refractivity contribution in [2.45, 2.75) is 27.2 Å². The van der Waals surface area contributed by atoms with Gasteiger partial charge in [0.1, 0.15) is 17.1 Å². The SMILES string of the molecule is CCOC(=O)c1ccc(-n2cc(N)c3ccc(OCCC(C)C)cc32)cc1O. The van der Waals surface area contributed by atoms with E-state index in [2.05, 4.69) is 13.8 Å². The van der Waals surface area contributed by atoms with Crippen LogP contribution in [-0.4, -0.2) is 28.9 Å². The number of esters is 1. The Bertz CT molecular complexity index is 992. The van der Waals surface area contributed by atoms with Gasteiger partial charge in [-0.15, -0.1) is 0 Å². The number of rotatable bonds is 7. The largest absolute Gasteiger partial charge is 0.507 e. The molecule has 3 rings (SSSR count). The molecule has 0 aliphatic rings. The summed E-state index contributed by atoms with van der Waals surface area (Å²) in [5.74, 6) is 0.647. The average molecular weight is 382 g/mol. The maximum Gasteiger partial charge on any atom is 0.341 e. The molecule has 0 atom stereocenters. The Kier molecular flexibility index (Phi) is 5.78. The van der Waals surface area contributed by atoms with Gasteiger partial charge >= 0.3 is 5.97 Å². The fraction of sp³-hybridized carbons (Fsp3) is 0.318. The van der Waals surface area contributed by atoms with Crippen LogP contribution in [0, 0.1) is 5.92 Å². The predicted octanol–water partition coefficient (Wildman–Crippen LogP) is 4.52. The van der Waals surface area contributed by atoms with Crippen molar-refractivity contribution < 1.29 is 19.4 Å². The fourth-order valence-electron chi connectivity index (χ4n) is 3.00. The summed E-state index contributed by atoms with van der Waals surface area (Å²) in [7, 11) is 0. The Labute approximate surface area is 164 Å². The lowest BCUT2D eigenvalue weighted by atomic mass is 10.1. The topological polar surface area (TPSA) is 86.7 Å². The number of fused-ring (bicyclic) bond motifs is 1. The molecule has 6 heteroatoms. The summed E-state index contributed by atoms with van der Waals surface area (Å²) in [5.41, 5.74) is 8.47. The molecule has 0 radical (unpaired) electrons. The summed E-state index contributed by atoms with van der Waals surface area (Å²) in [4.78, 5) is 11.9. The number of carbonyl (C=O) groups is 1. The summed E-state index contributed by atoms with van der Waals surface area (Å²) in [6.45, 7) is 6.93. The smallest absolute Gasteiger partial charge is 0.341 e. The van der Waals surface area contributed by atoms with Gasteiger partial charge in [-0.25, -0.2) is 4.79 Å². The molecule has 0 saturated heterocycles. The zero-order chi connectivity index (χ0) is 20.3. The highest BCUT2D eigenvalue weighted by Crippen LogP contribution is 2.32. The van der Waals surface area contributed by atoms with Crippen molar-refractivity contribution in [3.63, 3.8) is 0 Å². The van der Waals surface area contributed by atoms with Crippen LogP contribution in [0.3, 0.4) is 0 Å². The van der Waals surface area contributed by atoms with Gasteiger partial charge in [0.2, 0.25) is 0 Å². The number of phenols is 1. The number of carbonyl (C=O) groups excluding carboxylic acids is 1. The maximum absolute atomic E-state index is 11.9. The van der Waals surface area contributed by atoms with E-state index in [1.165, 1.54) is 6.07 Å². The molecule has 3 aromatic rings. The van der Waals surface area contributed by atoms with Crippen LogP contribution in [0.2, 0.25) is 0 Å². The zero-order valence-electron chi connectivity index (χ0n) is 16.4. The summed E-state index contributed by atoms with van der Waals surface area (Å²) >= 11 is 0. The minimum absolute atomic E-state index is 0.132. The van der Waals surface area contributed by atoms with Crippen molar-refractivity contribution in [1.82, 2.24) is 4.57 Å². The van der Waals surface area contributed by atoms with Crippen LogP contribution in [-0.2, 0) is 4.74 Å². The van der Waals surface area contributed by atoms with E-state index in [9.17, 15) is 9.90 Å². The van der Waals surface area contributed by atoms with Crippen LogP contribution in [0.25, 0.3) is 16.6 Å². The Hall–Kier alpha value is -3.15. The van der Waals surface area contributed by atoms with E-state index in [0.29, 0.717) is 23.9 Å². The monoisotopic (exact) mass is 382 g/mol. The number of nitrogens with two attached hydrogens (primary N) is 1. The molecule has 0 amide bonds. The number of nitrogen functional groups attached to an aromatic ring is 1. The summed E-state index contributed by atoms with van der Waals surface area (Å²) in [5, 5.41) is 11.2. The third kappa shape index (κ3) is 4.06. The lowest BCUT2D eigenvalue weighted by molar-refractivity contribution is 0.0523. The lowest BCUT2D eigenvalue weighted by Gasteiger charge is -2.11. The number of phenolic OH excluding ortho intramolecular Hbond substituents is 1.